The maximum absolute atomic E-state index is 11.7. The first-order valence-electron chi connectivity index (χ1n) is 7.30. The number of urea groups is 1. The highest BCUT2D eigenvalue weighted by Crippen LogP contribution is 2.33. The highest BCUT2D eigenvalue weighted by molar-refractivity contribution is 8.00. The zero-order valence-electron chi connectivity index (χ0n) is 11.9. The molecule has 0 bridgehead atoms. The van der Waals surface area contributed by atoms with E-state index in [-0.39, 0.29) is 42.6 Å². The summed E-state index contributed by atoms with van der Waals surface area (Å²) in [4.78, 5) is 50.4. The SMILES string of the molecule is O=C1NC2CSC(CCCC(=O)ON3C(=O)CCC3=O)C2N1. The molecule has 3 aliphatic heterocycles. The number of nitrogens with one attached hydrogen (secondary N) is 2. The molecule has 0 aromatic carbocycles. The van der Waals surface area contributed by atoms with Gasteiger partial charge >= 0.3 is 12.0 Å². The molecule has 2 N–H and O–H groups in total. The lowest BCUT2D eigenvalue weighted by Gasteiger charge is -2.16. The number of hydrogen-bond donors (Lipinski definition) is 2. The molecule has 8 nitrogen and oxygen atoms in total. The van der Waals surface area contributed by atoms with Gasteiger partial charge in [0.2, 0.25) is 0 Å². The molecule has 0 aliphatic carbocycles. The average Bonchev–Trinajstić information content (AvgIpc) is 3.10. The van der Waals surface area contributed by atoms with Gasteiger partial charge in [-0.05, 0) is 12.8 Å². The Bertz CT molecular complexity index is 510. The summed E-state index contributed by atoms with van der Waals surface area (Å²) in [5.41, 5.74) is 0. The number of nitrogens with zero attached hydrogens (tertiary/aromatic N) is 1. The third-order valence-corrected chi connectivity index (χ3v) is 5.52. The number of carbonyl (C=O) groups excluding carboxylic acids is 4. The second-order valence-corrected chi connectivity index (χ2v) is 6.83. The second kappa shape index (κ2) is 6.15. The molecule has 3 fully saturated rings. The molecule has 3 atom stereocenters. The molecular formula is C13H17N3O5S. The van der Waals surface area contributed by atoms with E-state index >= 15 is 0 Å². The molecular weight excluding hydrogens is 310 g/mol. The minimum atomic E-state index is -0.572. The number of amides is 4. The van der Waals surface area contributed by atoms with Gasteiger partial charge in [-0.15, -0.1) is 5.06 Å². The molecule has 0 radical (unpaired) electrons. The van der Waals surface area contributed by atoms with Crippen LogP contribution in [0.1, 0.15) is 32.1 Å². The van der Waals surface area contributed by atoms with Crippen molar-refractivity contribution in [1.29, 1.82) is 0 Å². The summed E-state index contributed by atoms with van der Waals surface area (Å²) in [6.45, 7) is 0. The van der Waals surface area contributed by atoms with Crippen molar-refractivity contribution in [3.8, 4) is 0 Å². The molecule has 0 saturated carbocycles. The molecule has 3 heterocycles. The first-order chi connectivity index (χ1) is 10.5. The molecule has 9 heteroatoms. The molecule has 0 aromatic rings. The van der Waals surface area contributed by atoms with Crippen molar-refractivity contribution in [2.45, 2.75) is 49.4 Å². The lowest BCUT2D eigenvalue weighted by Crippen LogP contribution is -2.37. The van der Waals surface area contributed by atoms with Crippen molar-refractivity contribution < 1.29 is 24.0 Å². The van der Waals surface area contributed by atoms with Crippen LogP contribution >= 0.6 is 11.8 Å². The van der Waals surface area contributed by atoms with Gasteiger partial charge in [-0.2, -0.15) is 11.8 Å². The summed E-state index contributed by atoms with van der Waals surface area (Å²) in [5.74, 6) is -0.633. The Morgan fingerprint density at radius 2 is 1.95 bits per heavy atom. The predicted octanol–water partition coefficient (Wildman–Crippen LogP) is -0.0707. The summed E-state index contributed by atoms with van der Waals surface area (Å²) in [6.07, 6.45) is 1.70. The highest BCUT2D eigenvalue weighted by Gasteiger charge is 2.42. The van der Waals surface area contributed by atoms with E-state index in [1.807, 2.05) is 0 Å². The van der Waals surface area contributed by atoms with Gasteiger partial charge in [0.15, 0.2) is 0 Å². The monoisotopic (exact) mass is 327 g/mol. The van der Waals surface area contributed by atoms with E-state index in [1.54, 1.807) is 11.8 Å². The molecule has 3 rings (SSSR count). The summed E-state index contributed by atoms with van der Waals surface area (Å²) < 4.78 is 0. The molecule has 22 heavy (non-hydrogen) atoms. The Labute approximate surface area is 131 Å². The van der Waals surface area contributed by atoms with Crippen LogP contribution in [0.3, 0.4) is 0 Å². The van der Waals surface area contributed by atoms with Crippen LogP contribution in [0.2, 0.25) is 0 Å². The molecule has 120 valence electrons. The maximum Gasteiger partial charge on any atom is 0.333 e. The zero-order chi connectivity index (χ0) is 15.7. The third-order valence-electron chi connectivity index (χ3n) is 4.01. The molecule has 3 unspecified atom stereocenters. The topological polar surface area (TPSA) is 105 Å². The number of fused-ring (bicyclic) bond motifs is 1. The fraction of sp³-hybridized carbons (Fsp3) is 0.692. The van der Waals surface area contributed by atoms with Crippen LogP contribution in [-0.4, -0.2) is 52.0 Å². The van der Waals surface area contributed by atoms with E-state index in [0.717, 1.165) is 12.2 Å². The molecule has 0 aromatic heterocycles. The largest absolute Gasteiger partial charge is 0.333 e. The van der Waals surface area contributed by atoms with E-state index in [0.29, 0.717) is 11.5 Å². The van der Waals surface area contributed by atoms with Crippen LogP contribution < -0.4 is 10.6 Å². The van der Waals surface area contributed by atoms with E-state index in [2.05, 4.69) is 10.6 Å². The minimum Gasteiger partial charge on any atom is -0.332 e. The van der Waals surface area contributed by atoms with Crippen molar-refractivity contribution in [1.82, 2.24) is 15.7 Å². The van der Waals surface area contributed by atoms with Crippen LogP contribution in [0.15, 0.2) is 0 Å². The first-order valence-corrected chi connectivity index (χ1v) is 8.34. The number of thioether (sulfide) groups is 1. The van der Waals surface area contributed by atoms with Gasteiger partial charge < -0.3 is 15.5 Å². The third kappa shape index (κ3) is 3.03. The Morgan fingerprint density at radius 1 is 1.23 bits per heavy atom. The van der Waals surface area contributed by atoms with Crippen LogP contribution in [-0.2, 0) is 19.2 Å². The highest BCUT2D eigenvalue weighted by atomic mass is 32.2. The van der Waals surface area contributed by atoms with Crippen LogP contribution in [0.4, 0.5) is 4.79 Å². The van der Waals surface area contributed by atoms with Gasteiger partial charge in [0.1, 0.15) is 0 Å². The Balaban J connectivity index is 1.40. The Morgan fingerprint density at radius 3 is 2.68 bits per heavy atom. The number of hydrogen-bond acceptors (Lipinski definition) is 6. The summed E-state index contributed by atoms with van der Waals surface area (Å²) in [6, 6.07) is 0.135. The van der Waals surface area contributed by atoms with Crippen molar-refractivity contribution in [2.24, 2.45) is 0 Å². The van der Waals surface area contributed by atoms with E-state index in [4.69, 9.17) is 4.84 Å². The van der Waals surface area contributed by atoms with Gasteiger partial charge in [0.05, 0.1) is 12.1 Å². The summed E-state index contributed by atoms with van der Waals surface area (Å²) in [5, 5.41) is 6.59. The molecule has 4 amide bonds. The van der Waals surface area contributed by atoms with Gasteiger partial charge in [-0.3, -0.25) is 9.59 Å². The Kier molecular flexibility index (Phi) is 4.23. The number of hydroxylamine groups is 2. The first kappa shape index (κ1) is 15.1. The van der Waals surface area contributed by atoms with Crippen LogP contribution in [0.25, 0.3) is 0 Å². The predicted molar refractivity (Wildman–Crippen MR) is 76.5 cm³/mol. The van der Waals surface area contributed by atoms with Crippen LogP contribution in [0, 0.1) is 0 Å². The fourth-order valence-electron chi connectivity index (χ4n) is 2.90. The summed E-state index contributed by atoms with van der Waals surface area (Å²) >= 11 is 1.77. The zero-order valence-corrected chi connectivity index (χ0v) is 12.7. The number of imide groups is 1. The molecule has 3 saturated heterocycles. The molecule has 0 spiro atoms. The number of carbonyl (C=O) groups is 4. The lowest BCUT2D eigenvalue weighted by atomic mass is 10.0. The van der Waals surface area contributed by atoms with Gasteiger partial charge in [0.25, 0.3) is 11.8 Å². The van der Waals surface area contributed by atoms with Crippen molar-refractivity contribution in [3.05, 3.63) is 0 Å². The van der Waals surface area contributed by atoms with Gasteiger partial charge in [-0.1, -0.05) is 0 Å². The molecule has 3 aliphatic rings. The van der Waals surface area contributed by atoms with Gasteiger partial charge in [0, 0.05) is 30.3 Å². The quantitative estimate of drug-likeness (QED) is 0.541. The van der Waals surface area contributed by atoms with Crippen molar-refractivity contribution in [2.75, 3.05) is 5.75 Å². The van der Waals surface area contributed by atoms with E-state index in [9.17, 15) is 19.2 Å². The minimum absolute atomic E-state index is 0.0978. The lowest BCUT2D eigenvalue weighted by molar-refractivity contribution is -0.197. The average molecular weight is 327 g/mol. The fourth-order valence-corrected chi connectivity index (χ4v) is 4.44. The number of rotatable bonds is 5. The maximum atomic E-state index is 11.7. The van der Waals surface area contributed by atoms with E-state index in [1.165, 1.54) is 0 Å². The van der Waals surface area contributed by atoms with E-state index < -0.39 is 17.8 Å². The van der Waals surface area contributed by atoms with Gasteiger partial charge in [-0.25, -0.2) is 9.59 Å². The van der Waals surface area contributed by atoms with Crippen molar-refractivity contribution in [3.63, 3.8) is 0 Å². The van der Waals surface area contributed by atoms with Crippen LogP contribution in [0.5, 0.6) is 0 Å². The summed E-state index contributed by atoms with van der Waals surface area (Å²) in [7, 11) is 0. The Hall–Kier alpha value is -1.77. The standard InChI is InChI=1S/C13H17N3O5S/c17-9-4-5-10(18)16(9)21-11(19)3-1-2-8-12-7(6-22-8)14-13(20)15-12/h7-8,12H,1-6H2,(H2,14,15,20). The normalized spacial score (nSPS) is 30.3. The van der Waals surface area contributed by atoms with Crippen molar-refractivity contribution >= 4 is 35.6 Å². The second-order valence-electron chi connectivity index (χ2n) is 5.56. The smallest absolute Gasteiger partial charge is 0.332 e.